The lowest BCUT2D eigenvalue weighted by Crippen LogP contribution is -2.43. The van der Waals surface area contributed by atoms with E-state index in [0.717, 1.165) is 36.5 Å². The number of para-hydroxylation sites is 2. The summed E-state index contributed by atoms with van der Waals surface area (Å²) in [7, 11) is 1.65. The van der Waals surface area contributed by atoms with Crippen LogP contribution in [0.3, 0.4) is 0 Å². The molecule has 0 saturated heterocycles. The van der Waals surface area contributed by atoms with Crippen LogP contribution in [0, 0.1) is 0 Å². The second kappa shape index (κ2) is 8.58. The maximum absolute atomic E-state index is 13.1. The summed E-state index contributed by atoms with van der Waals surface area (Å²) in [6.45, 7) is 1.28. The average Bonchev–Trinajstić information content (AvgIpc) is 2.68. The summed E-state index contributed by atoms with van der Waals surface area (Å²) in [4.78, 5) is 28.1. The molecule has 1 aliphatic rings. The van der Waals surface area contributed by atoms with Crippen LogP contribution in [0.4, 0.5) is 11.4 Å². The van der Waals surface area contributed by atoms with Crippen molar-refractivity contribution in [3.05, 3.63) is 54.1 Å². The molecule has 0 spiro atoms. The molecule has 1 aliphatic heterocycles. The number of hydrogen-bond acceptors (Lipinski definition) is 4. The van der Waals surface area contributed by atoms with Crippen molar-refractivity contribution in [3.63, 3.8) is 0 Å². The Bertz CT molecular complexity index is 793. The van der Waals surface area contributed by atoms with E-state index < -0.39 is 5.91 Å². The second-order valence-corrected chi connectivity index (χ2v) is 6.59. The molecule has 3 rings (SSSR count). The van der Waals surface area contributed by atoms with Crippen molar-refractivity contribution < 1.29 is 14.3 Å². The maximum Gasteiger partial charge on any atom is 0.246 e. The number of carbonyl (C=O) groups excluding carboxylic acids is 2. The number of amides is 2. The van der Waals surface area contributed by atoms with Gasteiger partial charge in [0.25, 0.3) is 0 Å². The van der Waals surface area contributed by atoms with Crippen molar-refractivity contribution in [3.8, 4) is 5.75 Å². The molecule has 2 aromatic rings. The van der Waals surface area contributed by atoms with Gasteiger partial charge in [-0.15, -0.1) is 0 Å². The van der Waals surface area contributed by atoms with Gasteiger partial charge in [0.1, 0.15) is 5.75 Å². The summed E-state index contributed by atoms with van der Waals surface area (Å²) >= 11 is 0. The number of hydrogen-bond donors (Lipinski definition) is 1. The normalized spacial score (nSPS) is 13.0. The van der Waals surface area contributed by atoms with E-state index >= 15 is 0 Å². The fourth-order valence-electron chi connectivity index (χ4n) is 3.50. The van der Waals surface area contributed by atoms with Gasteiger partial charge >= 0.3 is 0 Å². The van der Waals surface area contributed by atoms with Gasteiger partial charge in [0.2, 0.25) is 11.8 Å². The fraction of sp³-hybridized carbons (Fsp3) is 0.333. The highest BCUT2D eigenvalue weighted by molar-refractivity contribution is 5.97. The third kappa shape index (κ3) is 4.39. The quantitative estimate of drug-likeness (QED) is 0.815. The molecule has 0 atom stereocenters. The minimum absolute atomic E-state index is 0.0683. The molecule has 0 unspecified atom stereocenters. The molecule has 6 nitrogen and oxygen atoms in total. The number of carbonyl (C=O) groups is 2. The van der Waals surface area contributed by atoms with Crippen LogP contribution in [0.15, 0.2) is 48.5 Å². The van der Waals surface area contributed by atoms with E-state index in [4.69, 9.17) is 10.5 Å². The van der Waals surface area contributed by atoms with E-state index in [1.165, 1.54) is 5.56 Å². The summed E-state index contributed by atoms with van der Waals surface area (Å²) in [6, 6.07) is 15.4. The Hall–Kier alpha value is -3.02. The lowest BCUT2D eigenvalue weighted by molar-refractivity contribution is -0.118. The van der Waals surface area contributed by atoms with Gasteiger partial charge in [-0.05, 0) is 36.6 Å². The highest BCUT2D eigenvalue weighted by atomic mass is 16.5. The van der Waals surface area contributed by atoms with E-state index in [0.29, 0.717) is 0 Å². The zero-order chi connectivity index (χ0) is 19.2. The molecule has 2 amide bonds. The van der Waals surface area contributed by atoms with Gasteiger partial charge in [-0.2, -0.15) is 0 Å². The maximum atomic E-state index is 13.1. The first-order valence-corrected chi connectivity index (χ1v) is 9.14. The second-order valence-electron chi connectivity index (χ2n) is 6.59. The lowest BCUT2D eigenvalue weighted by Gasteiger charge is -2.34. The van der Waals surface area contributed by atoms with Gasteiger partial charge < -0.3 is 20.3 Å². The van der Waals surface area contributed by atoms with Crippen molar-refractivity contribution in [2.45, 2.75) is 19.3 Å². The van der Waals surface area contributed by atoms with Crippen molar-refractivity contribution in [2.75, 3.05) is 36.5 Å². The topological polar surface area (TPSA) is 75.9 Å². The van der Waals surface area contributed by atoms with Crippen LogP contribution in [0.2, 0.25) is 0 Å². The zero-order valence-electron chi connectivity index (χ0n) is 15.6. The van der Waals surface area contributed by atoms with Crippen LogP contribution < -0.4 is 20.3 Å². The van der Waals surface area contributed by atoms with E-state index in [9.17, 15) is 9.59 Å². The van der Waals surface area contributed by atoms with Crippen LogP contribution in [0.1, 0.15) is 18.4 Å². The molecule has 0 fully saturated rings. The third-order valence-corrected chi connectivity index (χ3v) is 4.77. The summed E-state index contributed by atoms with van der Waals surface area (Å²) < 4.78 is 5.52. The van der Waals surface area contributed by atoms with Gasteiger partial charge in [-0.25, -0.2) is 0 Å². The average molecular weight is 367 g/mol. The summed E-state index contributed by atoms with van der Waals surface area (Å²) in [5, 5.41) is 0. The van der Waals surface area contributed by atoms with Crippen LogP contribution >= 0.6 is 0 Å². The predicted molar refractivity (Wildman–Crippen MR) is 106 cm³/mol. The Morgan fingerprint density at radius 2 is 1.93 bits per heavy atom. The fourth-order valence-corrected chi connectivity index (χ4v) is 3.50. The van der Waals surface area contributed by atoms with Crippen LogP contribution in [-0.2, 0) is 16.0 Å². The summed E-state index contributed by atoms with van der Waals surface area (Å²) in [5.41, 5.74) is 8.25. The number of primary amides is 1. The van der Waals surface area contributed by atoms with Gasteiger partial charge in [0.05, 0.1) is 19.3 Å². The first-order chi connectivity index (χ1) is 13.1. The number of anilines is 2. The smallest absolute Gasteiger partial charge is 0.246 e. The number of aryl methyl sites for hydroxylation is 1. The Labute approximate surface area is 159 Å². The molecule has 142 valence electrons. The van der Waals surface area contributed by atoms with Gasteiger partial charge in [0, 0.05) is 25.2 Å². The number of benzene rings is 2. The molecule has 6 heteroatoms. The Morgan fingerprint density at radius 3 is 2.63 bits per heavy atom. The minimum Gasteiger partial charge on any atom is -0.495 e. The first-order valence-electron chi connectivity index (χ1n) is 9.14. The summed E-state index contributed by atoms with van der Waals surface area (Å²) in [6.07, 6.45) is 2.09. The molecule has 27 heavy (non-hydrogen) atoms. The molecule has 1 heterocycles. The van der Waals surface area contributed by atoms with Gasteiger partial charge in [-0.3, -0.25) is 9.59 Å². The molecule has 0 aromatic heterocycles. The first kappa shape index (κ1) is 18.8. The molecule has 0 bridgehead atoms. The number of ether oxygens (including phenoxy) is 1. The number of methoxy groups -OCH3 is 1. The molecule has 2 aromatic carbocycles. The predicted octanol–water partition coefficient (Wildman–Crippen LogP) is 2.36. The van der Waals surface area contributed by atoms with Crippen molar-refractivity contribution >= 4 is 23.2 Å². The summed E-state index contributed by atoms with van der Waals surface area (Å²) in [5.74, 6) is 0.290. The lowest BCUT2D eigenvalue weighted by atomic mass is 10.0. The molecular weight excluding hydrogens is 342 g/mol. The van der Waals surface area contributed by atoms with Crippen molar-refractivity contribution in [1.29, 1.82) is 0 Å². The van der Waals surface area contributed by atoms with E-state index in [-0.39, 0.29) is 25.4 Å². The van der Waals surface area contributed by atoms with Crippen molar-refractivity contribution in [2.24, 2.45) is 5.73 Å². The number of nitrogens with zero attached hydrogens (tertiary/aromatic N) is 2. The number of nitrogens with two attached hydrogens (primary N) is 1. The SMILES string of the molecule is COc1cccc2c1N(CC(=O)N(CCC(N)=O)c1ccccc1)CCC2. The van der Waals surface area contributed by atoms with Gasteiger partial charge in [0.15, 0.2) is 0 Å². The Balaban J connectivity index is 1.83. The molecule has 0 saturated carbocycles. The Morgan fingerprint density at radius 1 is 1.15 bits per heavy atom. The molecule has 0 aliphatic carbocycles. The van der Waals surface area contributed by atoms with Crippen LogP contribution in [0.5, 0.6) is 5.75 Å². The van der Waals surface area contributed by atoms with Crippen molar-refractivity contribution in [1.82, 2.24) is 0 Å². The number of rotatable bonds is 7. The monoisotopic (exact) mass is 367 g/mol. The highest BCUT2D eigenvalue weighted by Gasteiger charge is 2.25. The Kier molecular flexibility index (Phi) is 5.96. The van der Waals surface area contributed by atoms with Gasteiger partial charge in [-0.1, -0.05) is 30.3 Å². The largest absolute Gasteiger partial charge is 0.495 e. The van der Waals surface area contributed by atoms with Crippen LogP contribution in [0.25, 0.3) is 0 Å². The minimum atomic E-state index is -0.422. The van der Waals surface area contributed by atoms with E-state index in [2.05, 4.69) is 11.0 Å². The molecule has 0 radical (unpaired) electrons. The zero-order valence-corrected chi connectivity index (χ0v) is 15.6. The van der Waals surface area contributed by atoms with Crippen LogP contribution in [-0.4, -0.2) is 38.6 Å². The number of fused-ring (bicyclic) bond motifs is 1. The van der Waals surface area contributed by atoms with E-state index in [1.807, 2.05) is 42.5 Å². The third-order valence-electron chi connectivity index (χ3n) is 4.77. The standard InChI is InChI=1S/C21H25N3O3/c1-27-18-11-5-7-16-8-6-13-23(21(16)18)15-20(26)24(14-12-19(22)25)17-9-3-2-4-10-17/h2-5,7,9-11H,6,8,12-15H2,1H3,(H2,22,25). The van der Waals surface area contributed by atoms with E-state index in [1.54, 1.807) is 12.0 Å². The molecule has 2 N–H and O–H groups in total. The highest BCUT2D eigenvalue weighted by Crippen LogP contribution is 2.36. The molecular formula is C21H25N3O3.